The Morgan fingerprint density at radius 1 is 1.47 bits per heavy atom. The van der Waals surface area contributed by atoms with E-state index in [0.717, 1.165) is 0 Å². The van der Waals surface area contributed by atoms with E-state index in [4.69, 9.17) is 4.74 Å². The van der Waals surface area contributed by atoms with Crippen LogP contribution in [0.5, 0.6) is 0 Å². The maximum Gasteiger partial charge on any atom is 0.147 e. The summed E-state index contributed by atoms with van der Waals surface area (Å²) in [4.78, 5) is 0. The van der Waals surface area contributed by atoms with Crippen molar-refractivity contribution < 1.29 is 14.2 Å². The van der Waals surface area contributed by atoms with Gasteiger partial charge in [-0.25, -0.2) is 4.39 Å². The SMILES string of the molecule is OC1COCC1Nc1ccc(Br)cc1F. The van der Waals surface area contributed by atoms with E-state index in [9.17, 15) is 9.50 Å². The van der Waals surface area contributed by atoms with Gasteiger partial charge in [0.25, 0.3) is 0 Å². The normalized spacial score (nSPS) is 25.5. The molecule has 2 N–H and O–H groups in total. The standard InChI is InChI=1S/C10H11BrFNO2/c11-6-1-2-8(7(12)3-6)13-9-4-15-5-10(9)14/h1-3,9-10,13-14H,4-5H2. The Bertz CT molecular complexity index is 361. The fourth-order valence-electron chi connectivity index (χ4n) is 1.49. The molecule has 2 rings (SSSR count). The first-order valence-corrected chi connectivity index (χ1v) is 5.43. The molecule has 5 heteroatoms. The first-order chi connectivity index (χ1) is 7.16. The molecule has 1 aliphatic heterocycles. The summed E-state index contributed by atoms with van der Waals surface area (Å²) in [6, 6.07) is 4.52. The first kappa shape index (κ1) is 10.9. The van der Waals surface area contributed by atoms with Crippen molar-refractivity contribution in [1.29, 1.82) is 0 Å². The smallest absolute Gasteiger partial charge is 0.147 e. The van der Waals surface area contributed by atoms with Crippen LogP contribution in [0.15, 0.2) is 22.7 Å². The van der Waals surface area contributed by atoms with Crippen LogP contribution in [0.3, 0.4) is 0 Å². The van der Waals surface area contributed by atoms with Gasteiger partial charge in [-0.3, -0.25) is 0 Å². The Kier molecular flexibility index (Phi) is 3.23. The van der Waals surface area contributed by atoms with E-state index in [0.29, 0.717) is 23.4 Å². The molecule has 0 aromatic heterocycles. The van der Waals surface area contributed by atoms with Crippen molar-refractivity contribution in [3.63, 3.8) is 0 Å². The second-order valence-corrected chi connectivity index (χ2v) is 4.40. The van der Waals surface area contributed by atoms with Crippen molar-refractivity contribution in [3.05, 3.63) is 28.5 Å². The third kappa shape index (κ3) is 2.48. The molecule has 0 saturated carbocycles. The summed E-state index contributed by atoms with van der Waals surface area (Å²) in [7, 11) is 0. The Morgan fingerprint density at radius 3 is 2.87 bits per heavy atom. The number of halogens is 2. The number of nitrogens with one attached hydrogen (secondary N) is 1. The lowest BCUT2D eigenvalue weighted by atomic mass is 10.2. The molecule has 1 aromatic carbocycles. The lowest BCUT2D eigenvalue weighted by Gasteiger charge is -2.16. The van der Waals surface area contributed by atoms with E-state index in [2.05, 4.69) is 21.2 Å². The Balaban J connectivity index is 2.10. The summed E-state index contributed by atoms with van der Waals surface area (Å²) in [6.07, 6.45) is -0.576. The highest BCUT2D eigenvalue weighted by molar-refractivity contribution is 9.10. The largest absolute Gasteiger partial charge is 0.388 e. The highest BCUT2D eigenvalue weighted by Crippen LogP contribution is 2.21. The van der Waals surface area contributed by atoms with Crippen LogP contribution in [0.25, 0.3) is 0 Å². The van der Waals surface area contributed by atoms with E-state index in [1.807, 2.05) is 0 Å². The second-order valence-electron chi connectivity index (χ2n) is 3.48. The first-order valence-electron chi connectivity index (χ1n) is 4.64. The molecule has 1 fully saturated rings. The third-order valence-electron chi connectivity index (χ3n) is 2.32. The van der Waals surface area contributed by atoms with E-state index in [1.165, 1.54) is 6.07 Å². The number of ether oxygens (including phenoxy) is 1. The molecule has 0 bridgehead atoms. The molecule has 1 aromatic rings. The molecule has 2 unspecified atom stereocenters. The van der Waals surface area contributed by atoms with E-state index in [-0.39, 0.29) is 11.9 Å². The van der Waals surface area contributed by atoms with Gasteiger partial charge in [0, 0.05) is 4.47 Å². The molecule has 0 spiro atoms. The number of anilines is 1. The summed E-state index contributed by atoms with van der Waals surface area (Å²) in [6.45, 7) is 0.701. The molecule has 1 heterocycles. The van der Waals surface area contributed by atoms with Crippen molar-refractivity contribution in [1.82, 2.24) is 0 Å². The van der Waals surface area contributed by atoms with Gasteiger partial charge in [-0.2, -0.15) is 0 Å². The van der Waals surface area contributed by atoms with Gasteiger partial charge in [-0.15, -0.1) is 0 Å². The van der Waals surface area contributed by atoms with Gasteiger partial charge in [-0.05, 0) is 18.2 Å². The zero-order valence-electron chi connectivity index (χ0n) is 7.91. The van der Waals surface area contributed by atoms with Gasteiger partial charge >= 0.3 is 0 Å². The van der Waals surface area contributed by atoms with Gasteiger partial charge in [0.05, 0.1) is 31.0 Å². The van der Waals surface area contributed by atoms with E-state index < -0.39 is 6.10 Å². The van der Waals surface area contributed by atoms with Crippen LogP contribution in [0.2, 0.25) is 0 Å². The lowest BCUT2D eigenvalue weighted by molar-refractivity contribution is 0.125. The second kappa shape index (κ2) is 4.47. The number of hydrogen-bond acceptors (Lipinski definition) is 3. The highest BCUT2D eigenvalue weighted by atomic mass is 79.9. The monoisotopic (exact) mass is 275 g/mol. The quantitative estimate of drug-likeness (QED) is 0.864. The molecule has 1 aliphatic rings. The number of rotatable bonds is 2. The van der Waals surface area contributed by atoms with Gasteiger partial charge in [0.2, 0.25) is 0 Å². The minimum atomic E-state index is -0.576. The molecule has 0 radical (unpaired) electrons. The van der Waals surface area contributed by atoms with Crippen LogP contribution in [0.1, 0.15) is 0 Å². The van der Waals surface area contributed by atoms with Crippen LogP contribution < -0.4 is 5.32 Å². The van der Waals surface area contributed by atoms with Crippen molar-refractivity contribution in [2.75, 3.05) is 18.5 Å². The minimum absolute atomic E-state index is 0.235. The molecule has 82 valence electrons. The number of hydrogen-bond donors (Lipinski definition) is 2. The maximum absolute atomic E-state index is 13.4. The Hall–Kier alpha value is -0.650. The minimum Gasteiger partial charge on any atom is -0.388 e. The summed E-state index contributed by atoms with van der Waals surface area (Å²) >= 11 is 3.18. The topological polar surface area (TPSA) is 41.5 Å². The van der Waals surface area contributed by atoms with Crippen molar-refractivity contribution in [2.24, 2.45) is 0 Å². The molecule has 3 nitrogen and oxygen atoms in total. The summed E-state index contributed by atoms with van der Waals surface area (Å²) in [5.41, 5.74) is 0.382. The molecule has 0 amide bonds. The average molecular weight is 276 g/mol. The van der Waals surface area contributed by atoms with E-state index in [1.54, 1.807) is 12.1 Å². The molecule has 0 aliphatic carbocycles. The van der Waals surface area contributed by atoms with Gasteiger partial charge in [0.15, 0.2) is 0 Å². The van der Waals surface area contributed by atoms with Crippen LogP contribution >= 0.6 is 15.9 Å². The zero-order chi connectivity index (χ0) is 10.8. The average Bonchev–Trinajstić information content (AvgIpc) is 2.57. The summed E-state index contributed by atoms with van der Waals surface area (Å²) in [5.74, 6) is -0.344. The third-order valence-corrected chi connectivity index (χ3v) is 2.82. The summed E-state index contributed by atoms with van der Waals surface area (Å²) < 4.78 is 19.2. The number of benzene rings is 1. The zero-order valence-corrected chi connectivity index (χ0v) is 9.50. The van der Waals surface area contributed by atoms with Gasteiger partial charge in [0.1, 0.15) is 5.82 Å². The van der Waals surface area contributed by atoms with E-state index >= 15 is 0 Å². The predicted molar refractivity (Wildman–Crippen MR) is 58.3 cm³/mol. The molecular weight excluding hydrogens is 265 g/mol. The maximum atomic E-state index is 13.4. The van der Waals surface area contributed by atoms with Crippen LogP contribution in [-0.2, 0) is 4.74 Å². The fourth-order valence-corrected chi connectivity index (χ4v) is 1.82. The van der Waals surface area contributed by atoms with Crippen LogP contribution in [-0.4, -0.2) is 30.5 Å². The van der Waals surface area contributed by atoms with Crippen LogP contribution in [0.4, 0.5) is 10.1 Å². The number of aliphatic hydroxyl groups is 1. The molecule has 1 saturated heterocycles. The Labute approximate surface area is 95.4 Å². The highest BCUT2D eigenvalue weighted by Gasteiger charge is 2.26. The molecule has 2 atom stereocenters. The lowest BCUT2D eigenvalue weighted by Crippen LogP contribution is -2.32. The van der Waals surface area contributed by atoms with Gasteiger partial charge in [-0.1, -0.05) is 15.9 Å². The molecule has 15 heavy (non-hydrogen) atoms. The van der Waals surface area contributed by atoms with Crippen molar-refractivity contribution in [3.8, 4) is 0 Å². The molecular formula is C10H11BrFNO2. The van der Waals surface area contributed by atoms with Crippen molar-refractivity contribution in [2.45, 2.75) is 12.1 Å². The van der Waals surface area contributed by atoms with Crippen LogP contribution in [0, 0.1) is 5.82 Å². The summed E-state index contributed by atoms with van der Waals surface area (Å²) in [5, 5.41) is 12.4. The van der Waals surface area contributed by atoms with Gasteiger partial charge < -0.3 is 15.2 Å². The predicted octanol–water partition coefficient (Wildman–Crippen LogP) is 1.76. The Morgan fingerprint density at radius 2 is 2.27 bits per heavy atom. The number of aliphatic hydroxyl groups excluding tert-OH is 1. The van der Waals surface area contributed by atoms with Crippen molar-refractivity contribution >= 4 is 21.6 Å². The fraction of sp³-hybridized carbons (Fsp3) is 0.400.